The van der Waals surface area contributed by atoms with E-state index >= 15 is 0 Å². The molecule has 1 aliphatic rings. The monoisotopic (exact) mass is 250 g/mol. The summed E-state index contributed by atoms with van der Waals surface area (Å²) in [6.07, 6.45) is 0. The van der Waals surface area contributed by atoms with Gasteiger partial charge < -0.3 is 0 Å². The largest absolute Gasteiger partial charge is 0.142 e. The molecule has 0 radical (unpaired) electrons. The van der Waals surface area contributed by atoms with Crippen molar-refractivity contribution in [3.8, 4) is 0 Å². The Morgan fingerprint density at radius 3 is 2.15 bits per heavy atom. The minimum absolute atomic E-state index is 0.432. The second kappa shape index (κ2) is 4.35. The third kappa shape index (κ3) is 2.12. The maximum Gasteiger partial charge on any atom is 0.0780 e. The molecular weight excluding hydrogens is 243 g/mol. The minimum Gasteiger partial charge on any atom is -0.142 e. The zero-order valence-corrected chi connectivity index (χ0v) is 9.94. The van der Waals surface area contributed by atoms with Crippen molar-refractivity contribution in [1.82, 2.24) is 0 Å². The fourth-order valence-electron chi connectivity index (χ4n) is 1.26. The van der Waals surface area contributed by atoms with Gasteiger partial charge in [0.2, 0.25) is 0 Å². The second-order valence-corrected chi connectivity index (χ2v) is 6.25. The van der Waals surface area contributed by atoms with Crippen molar-refractivity contribution in [1.29, 1.82) is 0 Å². The summed E-state index contributed by atoms with van der Waals surface area (Å²) in [5, 5.41) is 1.58. The molecule has 1 aliphatic heterocycles. The van der Waals surface area contributed by atoms with E-state index in [1.54, 1.807) is 0 Å². The molecule has 0 aromatic heterocycles. The number of hydrogen-bond donors (Lipinski definition) is 0. The first-order valence-electron chi connectivity index (χ1n) is 3.96. The van der Waals surface area contributed by atoms with Crippen molar-refractivity contribution >= 4 is 46.7 Å². The van der Waals surface area contributed by atoms with Crippen molar-refractivity contribution in [3.63, 3.8) is 0 Å². The molecule has 0 atom stereocenters. The van der Waals surface area contributed by atoms with E-state index in [-0.39, 0.29) is 0 Å². The van der Waals surface area contributed by atoms with Crippen LogP contribution in [0.4, 0.5) is 0 Å². The number of halogens is 2. The van der Waals surface area contributed by atoms with Crippen LogP contribution >= 0.6 is 46.7 Å². The van der Waals surface area contributed by atoms with Gasteiger partial charge >= 0.3 is 0 Å². The van der Waals surface area contributed by atoms with Crippen molar-refractivity contribution in [2.24, 2.45) is 0 Å². The SMILES string of the molecule is Clc1cccc(Cl)c1C1SCCS1. The summed E-state index contributed by atoms with van der Waals surface area (Å²) in [4.78, 5) is 0. The number of rotatable bonds is 1. The number of thioether (sulfide) groups is 2. The van der Waals surface area contributed by atoms with Crippen LogP contribution in [0, 0.1) is 0 Å². The Morgan fingerprint density at radius 2 is 1.62 bits per heavy atom. The summed E-state index contributed by atoms with van der Waals surface area (Å²) < 4.78 is 0.432. The molecule has 70 valence electrons. The van der Waals surface area contributed by atoms with Crippen molar-refractivity contribution in [2.45, 2.75) is 4.58 Å². The first-order valence-corrected chi connectivity index (χ1v) is 6.81. The third-order valence-corrected chi connectivity index (χ3v) is 5.55. The highest BCUT2D eigenvalue weighted by molar-refractivity contribution is 8.19. The molecule has 1 heterocycles. The molecule has 0 aliphatic carbocycles. The Labute approximate surface area is 96.4 Å². The van der Waals surface area contributed by atoms with Crippen LogP contribution in [0.2, 0.25) is 10.0 Å². The summed E-state index contributed by atoms with van der Waals surface area (Å²) in [6, 6.07) is 5.70. The maximum absolute atomic E-state index is 6.10. The summed E-state index contributed by atoms with van der Waals surface area (Å²) >= 11 is 16.0. The fraction of sp³-hybridized carbons (Fsp3) is 0.333. The molecule has 13 heavy (non-hydrogen) atoms. The van der Waals surface area contributed by atoms with E-state index in [0.717, 1.165) is 15.6 Å². The van der Waals surface area contributed by atoms with E-state index < -0.39 is 0 Å². The smallest absolute Gasteiger partial charge is 0.0780 e. The lowest BCUT2D eigenvalue weighted by Gasteiger charge is -2.11. The summed E-state index contributed by atoms with van der Waals surface area (Å²) in [6.45, 7) is 0. The third-order valence-electron chi connectivity index (χ3n) is 1.86. The molecule has 0 amide bonds. The first kappa shape index (κ1) is 10.0. The summed E-state index contributed by atoms with van der Waals surface area (Å²) in [7, 11) is 0. The highest BCUT2D eigenvalue weighted by Gasteiger charge is 2.22. The molecule has 0 unspecified atom stereocenters. The van der Waals surface area contributed by atoms with E-state index in [9.17, 15) is 0 Å². The maximum atomic E-state index is 6.10. The molecule has 4 heteroatoms. The second-order valence-electron chi connectivity index (χ2n) is 2.71. The van der Waals surface area contributed by atoms with Gasteiger partial charge in [-0.05, 0) is 12.1 Å². The van der Waals surface area contributed by atoms with Crippen LogP contribution in [0.15, 0.2) is 18.2 Å². The zero-order chi connectivity index (χ0) is 9.26. The Hall–Kier alpha value is 0.500. The molecule has 1 aromatic carbocycles. The van der Waals surface area contributed by atoms with Gasteiger partial charge in [-0.3, -0.25) is 0 Å². The van der Waals surface area contributed by atoms with Crippen LogP contribution in [-0.2, 0) is 0 Å². The normalized spacial score (nSPS) is 18.0. The van der Waals surface area contributed by atoms with E-state index in [4.69, 9.17) is 23.2 Å². The predicted octanol–water partition coefficient (Wildman–Crippen LogP) is 4.47. The van der Waals surface area contributed by atoms with Gasteiger partial charge in [-0.15, -0.1) is 23.5 Å². The van der Waals surface area contributed by atoms with Crippen LogP contribution in [0.5, 0.6) is 0 Å². The van der Waals surface area contributed by atoms with E-state index in [2.05, 4.69) is 0 Å². The summed E-state index contributed by atoms with van der Waals surface area (Å²) in [5.74, 6) is 2.38. The van der Waals surface area contributed by atoms with Crippen molar-refractivity contribution in [3.05, 3.63) is 33.8 Å². The first-order chi connectivity index (χ1) is 6.29. The van der Waals surface area contributed by atoms with Gasteiger partial charge in [0.25, 0.3) is 0 Å². The molecular formula is C9H8Cl2S2. The average Bonchev–Trinajstić information content (AvgIpc) is 2.57. The van der Waals surface area contributed by atoms with Gasteiger partial charge in [0.15, 0.2) is 0 Å². The molecule has 0 bridgehead atoms. The van der Waals surface area contributed by atoms with E-state index in [1.165, 1.54) is 11.5 Å². The van der Waals surface area contributed by atoms with Crippen LogP contribution in [-0.4, -0.2) is 11.5 Å². The summed E-state index contributed by atoms with van der Waals surface area (Å²) in [5.41, 5.74) is 1.10. The van der Waals surface area contributed by atoms with Gasteiger partial charge in [-0.2, -0.15) is 0 Å². The van der Waals surface area contributed by atoms with Gasteiger partial charge in [0.1, 0.15) is 0 Å². The van der Waals surface area contributed by atoms with Crippen LogP contribution in [0.3, 0.4) is 0 Å². The Balaban J connectivity index is 2.37. The quantitative estimate of drug-likeness (QED) is 0.722. The van der Waals surface area contributed by atoms with Crippen molar-refractivity contribution < 1.29 is 0 Å². The highest BCUT2D eigenvalue weighted by atomic mass is 35.5. The van der Waals surface area contributed by atoms with Crippen molar-refractivity contribution in [2.75, 3.05) is 11.5 Å². The standard InChI is InChI=1S/C9H8Cl2S2/c10-6-2-1-3-7(11)8(6)9-12-4-5-13-9/h1-3,9H,4-5H2. The minimum atomic E-state index is 0.432. The van der Waals surface area contributed by atoms with Gasteiger partial charge in [-0.25, -0.2) is 0 Å². The lowest BCUT2D eigenvalue weighted by atomic mass is 10.2. The highest BCUT2D eigenvalue weighted by Crippen LogP contribution is 2.49. The molecule has 0 nitrogen and oxygen atoms in total. The van der Waals surface area contributed by atoms with Gasteiger partial charge in [0, 0.05) is 27.1 Å². The lowest BCUT2D eigenvalue weighted by molar-refractivity contribution is 1.39. The van der Waals surface area contributed by atoms with Crippen LogP contribution in [0.25, 0.3) is 0 Å². The van der Waals surface area contributed by atoms with Crippen LogP contribution in [0.1, 0.15) is 10.1 Å². The number of hydrogen-bond acceptors (Lipinski definition) is 2. The fourth-order valence-corrected chi connectivity index (χ4v) is 5.14. The van der Waals surface area contributed by atoms with Gasteiger partial charge in [0.05, 0.1) is 4.58 Å². The molecule has 2 rings (SSSR count). The topological polar surface area (TPSA) is 0 Å². The van der Waals surface area contributed by atoms with Gasteiger partial charge in [-0.1, -0.05) is 29.3 Å². The predicted molar refractivity (Wildman–Crippen MR) is 64.1 cm³/mol. The molecule has 1 saturated heterocycles. The van der Waals surface area contributed by atoms with Crippen LogP contribution < -0.4 is 0 Å². The zero-order valence-electron chi connectivity index (χ0n) is 6.80. The molecule has 0 saturated carbocycles. The Kier molecular flexibility index (Phi) is 3.36. The molecule has 1 fully saturated rings. The molecule has 0 N–H and O–H groups in total. The van der Waals surface area contributed by atoms with E-state index in [0.29, 0.717) is 4.58 Å². The number of benzene rings is 1. The Bertz CT molecular complexity index is 288. The molecule has 0 spiro atoms. The molecule has 1 aromatic rings. The lowest BCUT2D eigenvalue weighted by Crippen LogP contribution is -1.87. The Morgan fingerprint density at radius 1 is 1.08 bits per heavy atom. The average molecular weight is 251 g/mol. The van der Waals surface area contributed by atoms with E-state index in [1.807, 2.05) is 41.7 Å².